The van der Waals surface area contributed by atoms with Crippen LogP contribution in [0.25, 0.3) is 0 Å². The monoisotopic (exact) mass is 551 g/mol. The number of nitrogens with two attached hydrogens (primary N) is 1. The highest BCUT2D eigenvalue weighted by molar-refractivity contribution is 7.91. The largest absolute Gasteiger partial charge is 0.493 e. The summed E-state index contributed by atoms with van der Waals surface area (Å²) in [5.41, 5.74) is 7.29. The quantitative estimate of drug-likeness (QED) is 0.305. The Kier molecular flexibility index (Phi) is 10.9. The summed E-state index contributed by atoms with van der Waals surface area (Å²) in [5.74, 6) is 2.30. The van der Waals surface area contributed by atoms with E-state index >= 15 is 0 Å². The van der Waals surface area contributed by atoms with Crippen molar-refractivity contribution in [2.45, 2.75) is 63.1 Å². The molecule has 0 aromatic heterocycles. The predicted octanol–water partition coefficient (Wildman–Crippen LogP) is 5.01. The van der Waals surface area contributed by atoms with Crippen LogP contribution in [0.4, 0.5) is 0 Å². The summed E-state index contributed by atoms with van der Waals surface area (Å²) in [7, 11) is 1.11. The van der Waals surface area contributed by atoms with Crippen LogP contribution in [0, 0.1) is 0 Å². The van der Waals surface area contributed by atoms with Gasteiger partial charge >= 0.3 is 0 Å². The van der Waals surface area contributed by atoms with Gasteiger partial charge in [-0.15, -0.1) is 0 Å². The molecule has 0 radical (unpaired) electrons. The van der Waals surface area contributed by atoms with Crippen molar-refractivity contribution in [1.82, 2.24) is 0 Å². The van der Waals surface area contributed by atoms with Crippen LogP contribution >= 0.6 is 0 Å². The van der Waals surface area contributed by atoms with Crippen molar-refractivity contribution in [3.05, 3.63) is 35.4 Å². The van der Waals surface area contributed by atoms with Gasteiger partial charge in [-0.05, 0) is 74.0 Å². The minimum atomic E-state index is -3.60. The molecular weight excluding hydrogens is 510 g/mol. The lowest BCUT2D eigenvalue weighted by atomic mass is 10.0. The second-order valence-electron chi connectivity index (χ2n) is 9.15. The van der Waals surface area contributed by atoms with Crippen molar-refractivity contribution in [2.75, 3.05) is 46.8 Å². The molecule has 1 aliphatic heterocycles. The minimum absolute atomic E-state index is 0.0146. The zero-order valence-electron chi connectivity index (χ0n) is 23.1. The third-order valence-corrected chi connectivity index (χ3v) is 8.28. The van der Waals surface area contributed by atoms with E-state index in [0.29, 0.717) is 62.0 Å². The molecule has 0 aliphatic carbocycles. The molecular formula is C28H41NO8S. The molecule has 38 heavy (non-hydrogen) atoms. The Bertz CT molecular complexity index is 1140. The van der Waals surface area contributed by atoms with Crippen molar-refractivity contribution in [3.63, 3.8) is 0 Å². The lowest BCUT2D eigenvalue weighted by molar-refractivity contribution is 0.0434. The maximum Gasteiger partial charge on any atom is 0.203 e. The molecule has 1 saturated heterocycles. The molecule has 212 valence electrons. The van der Waals surface area contributed by atoms with Gasteiger partial charge in [-0.1, -0.05) is 13.8 Å². The van der Waals surface area contributed by atoms with Gasteiger partial charge in [0.05, 0.1) is 52.5 Å². The fraction of sp³-hybridized carbons (Fsp3) is 0.571. The van der Waals surface area contributed by atoms with E-state index in [2.05, 4.69) is 0 Å². The molecule has 2 atom stereocenters. The van der Waals surface area contributed by atoms with Gasteiger partial charge < -0.3 is 34.2 Å². The lowest BCUT2D eigenvalue weighted by Crippen LogP contribution is -2.13. The number of ether oxygens (including phenoxy) is 6. The molecule has 1 aliphatic rings. The van der Waals surface area contributed by atoms with Gasteiger partial charge in [0.25, 0.3) is 0 Å². The second-order valence-corrected chi connectivity index (χ2v) is 11.2. The fourth-order valence-corrected chi connectivity index (χ4v) is 6.04. The van der Waals surface area contributed by atoms with Crippen molar-refractivity contribution in [3.8, 4) is 28.7 Å². The Morgan fingerprint density at radius 1 is 0.816 bits per heavy atom. The minimum Gasteiger partial charge on any atom is -0.493 e. The standard InChI is InChI=1S/C28H41NO8S/c1-6-12-36-28-25(35-13-8-11-29)17-20(18-26(28)38(30,31)14-7-2)22-10-9-21(37-22)19-15-23(32-3)27(34-5)24(16-19)33-4/h15-18,21-22H,6-14,29H2,1-5H3. The molecule has 0 saturated carbocycles. The van der Waals surface area contributed by atoms with Crippen LogP contribution in [0.3, 0.4) is 0 Å². The van der Waals surface area contributed by atoms with Gasteiger partial charge in [-0.25, -0.2) is 8.42 Å². The molecule has 0 spiro atoms. The summed E-state index contributed by atoms with van der Waals surface area (Å²) in [5, 5.41) is 0. The van der Waals surface area contributed by atoms with E-state index in [1.807, 2.05) is 32.0 Å². The topological polar surface area (TPSA) is 116 Å². The number of benzene rings is 2. The predicted molar refractivity (Wildman–Crippen MR) is 146 cm³/mol. The van der Waals surface area contributed by atoms with Crippen LogP contribution < -0.4 is 29.4 Å². The normalized spacial score (nSPS) is 17.3. The molecule has 0 amide bonds. The summed E-state index contributed by atoms with van der Waals surface area (Å²) >= 11 is 0. The molecule has 2 unspecified atom stereocenters. The van der Waals surface area contributed by atoms with Gasteiger partial charge in [0.1, 0.15) is 4.90 Å². The van der Waals surface area contributed by atoms with E-state index in [-0.39, 0.29) is 28.6 Å². The van der Waals surface area contributed by atoms with Crippen molar-refractivity contribution >= 4 is 9.84 Å². The zero-order valence-corrected chi connectivity index (χ0v) is 23.9. The average molecular weight is 552 g/mol. The van der Waals surface area contributed by atoms with Gasteiger partial charge in [-0.3, -0.25) is 0 Å². The summed E-state index contributed by atoms with van der Waals surface area (Å²) in [6.45, 7) is 5.02. The third kappa shape index (κ3) is 6.84. The first-order chi connectivity index (χ1) is 18.3. The van der Waals surface area contributed by atoms with E-state index < -0.39 is 9.84 Å². The number of hydrogen-bond acceptors (Lipinski definition) is 9. The van der Waals surface area contributed by atoms with E-state index in [9.17, 15) is 8.42 Å². The maximum absolute atomic E-state index is 13.3. The third-order valence-electron chi connectivity index (χ3n) is 6.36. The molecule has 1 heterocycles. The first kappa shape index (κ1) is 29.9. The Labute approximate surface area is 226 Å². The van der Waals surface area contributed by atoms with E-state index in [4.69, 9.17) is 34.2 Å². The lowest BCUT2D eigenvalue weighted by Gasteiger charge is -2.21. The Morgan fingerprint density at radius 3 is 1.95 bits per heavy atom. The Balaban J connectivity index is 2.01. The summed E-state index contributed by atoms with van der Waals surface area (Å²) in [4.78, 5) is 0.146. The van der Waals surface area contributed by atoms with Crippen LogP contribution in [0.1, 0.15) is 69.3 Å². The van der Waals surface area contributed by atoms with Crippen LogP contribution in [0.15, 0.2) is 29.2 Å². The molecule has 0 bridgehead atoms. The first-order valence-electron chi connectivity index (χ1n) is 13.1. The zero-order chi connectivity index (χ0) is 27.7. The van der Waals surface area contributed by atoms with E-state index in [0.717, 1.165) is 24.0 Å². The smallest absolute Gasteiger partial charge is 0.203 e. The number of rotatable bonds is 15. The van der Waals surface area contributed by atoms with Crippen molar-refractivity contribution in [2.24, 2.45) is 5.73 Å². The molecule has 3 rings (SSSR count). The number of methoxy groups -OCH3 is 3. The Morgan fingerprint density at radius 2 is 1.42 bits per heavy atom. The molecule has 10 heteroatoms. The van der Waals surface area contributed by atoms with Gasteiger partial charge in [-0.2, -0.15) is 0 Å². The highest BCUT2D eigenvalue weighted by Crippen LogP contribution is 2.48. The van der Waals surface area contributed by atoms with Gasteiger partial charge in [0.2, 0.25) is 5.75 Å². The van der Waals surface area contributed by atoms with E-state index in [1.165, 1.54) is 0 Å². The summed E-state index contributed by atoms with van der Waals surface area (Å²) in [6, 6.07) is 7.30. The van der Waals surface area contributed by atoms with E-state index in [1.54, 1.807) is 27.4 Å². The van der Waals surface area contributed by atoms with Crippen molar-refractivity contribution < 1.29 is 36.8 Å². The average Bonchev–Trinajstić information content (AvgIpc) is 3.41. The van der Waals surface area contributed by atoms with Crippen LogP contribution in [-0.2, 0) is 14.6 Å². The molecule has 2 N–H and O–H groups in total. The Hall–Kier alpha value is -2.69. The highest BCUT2D eigenvalue weighted by atomic mass is 32.2. The molecule has 2 aromatic rings. The van der Waals surface area contributed by atoms with Crippen LogP contribution in [0.2, 0.25) is 0 Å². The number of sulfone groups is 1. The van der Waals surface area contributed by atoms with Gasteiger partial charge in [0.15, 0.2) is 32.8 Å². The van der Waals surface area contributed by atoms with Crippen LogP contribution in [-0.4, -0.2) is 55.3 Å². The van der Waals surface area contributed by atoms with Crippen molar-refractivity contribution in [1.29, 1.82) is 0 Å². The number of hydrogen-bond donors (Lipinski definition) is 1. The second kappa shape index (κ2) is 13.9. The SMILES string of the molecule is CCCOc1c(OCCCN)cc(C2CCC(c3cc(OC)c(OC)c(OC)c3)O2)cc1S(=O)(=O)CCC. The molecule has 1 fully saturated rings. The first-order valence-corrected chi connectivity index (χ1v) is 14.8. The van der Waals surface area contributed by atoms with Gasteiger partial charge in [0, 0.05) is 0 Å². The summed E-state index contributed by atoms with van der Waals surface area (Å²) in [6.07, 6.45) is 2.74. The maximum atomic E-state index is 13.3. The fourth-order valence-electron chi connectivity index (χ4n) is 4.53. The van der Waals surface area contributed by atoms with Crippen LogP contribution in [0.5, 0.6) is 28.7 Å². The molecule has 2 aromatic carbocycles. The highest BCUT2D eigenvalue weighted by Gasteiger charge is 2.32. The molecule has 9 nitrogen and oxygen atoms in total. The summed E-state index contributed by atoms with van der Waals surface area (Å²) < 4.78 is 61.5.